The van der Waals surface area contributed by atoms with E-state index in [1.165, 1.54) is 17.4 Å². The van der Waals surface area contributed by atoms with Gasteiger partial charge in [-0.25, -0.2) is 13.2 Å². The molecule has 2 unspecified atom stereocenters. The lowest BCUT2D eigenvalue weighted by molar-refractivity contribution is -0.276. The van der Waals surface area contributed by atoms with E-state index in [2.05, 4.69) is 10.5 Å². The topological polar surface area (TPSA) is 79.8 Å². The Bertz CT molecular complexity index is 2200. The van der Waals surface area contributed by atoms with E-state index in [9.17, 15) is 49.1 Å². The largest absolute Gasteiger partial charge is 0.435 e. The molecule has 0 fully saturated rings. The normalized spacial score (nSPS) is 17.2. The number of amides is 2. The van der Waals surface area contributed by atoms with E-state index in [1.54, 1.807) is 36.4 Å². The average molecular weight is 726 g/mol. The van der Waals surface area contributed by atoms with E-state index in [-0.39, 0.29) is 27.6 Å². The molecule has 0 saturated heterocycles. The van der Waals surface area contributed by atoms with Gasteiger partial charge in [0.1, 0.15) is 0 Å². The fourth-order valence-electron chi connectivity index (χ4n) is 5.79. The van der Waals surface area contributed by atoms with Gasteiger partial charge in [0.2, 0.25) is 12.2 Å². The third-order valence-electron chi connectivity index (χ3n) is 8.20. The fourth-order valence-corrected chi connectivity index (χ4v) is 6.03. The molecular weight excluding hydrogens is 705 g/mol. The maximum absolute atomic E-state index is 14.8. The zero-order valence-corrected chi connectivity index (χ0v) is 25.8. The molecule has 50 heavy (non-hydrogen) atoms. The van der Waals surface area contributed by atoms with Gasteiger partial charge in [0, 0.05) is 28.1 Å². The number of fused-ring (bicyclic) bond motifs is 3. The Morgan fingerprint density at radius 1 is 0.840 bits per heavy atom. The first-order valence-electron chi connectivity index (χ1n) is 14.6. The number of hydrogen-bond acceptors (Lipinski definition) is 4. The molecule has 6 rings (SSSR count). The second-order valence-corrected chi connectivity index (χ2v) is 11.9. The van der Waals surface area contributed by atoms with Crippen molar-refractivity contribution in [3.05, 3.63) is 106 Å². The average Bonchev–Trinajstić information content (AvgIpc) is 3.51. The number of benzene rings is 5. The standard InChI is InChI=1S/C34H21ClF9N3O3/c35-22-12-20(11-21(13-22)33(39,40)41)32(34(42,43)44)14-27(47-50-32)23-5-6-24(31(49)45-15-28(48)46-30(38)29(36)37)26-10-19-8-17-4-2-1-3-16(17)7-18(19)9-25(23)26/h1-13,29-30H,14-15H2,(H,45,49)(H,46,48). The second-order valence-electron chi connectivity index (χ2n) is 11.4. The number of carbonyl (C=O) groups excluding carboxylic acids is 2. The third kappa shape index (κ3) is 6.49. The predicted octanol–water partition coefficient (Wildman–Crippen LogP) is 8.81. The molecule has 6 nitrogen and oxygen atoms in total. The third-order valence-corrected chi connectivity index (χ3v) is 8.42. The molecule has 5 aromatic carbocycles. The van der Waals surface area contributed by atoms with Crippen molar-refractivity contribution in [2.45, 2.75) is 37.1 Å². The second kappa shape index (κ2) is 12.7. The molecule has 0 bridgehead atoms. The van der Waals surface area contributed by atoms with Crippen LogP contribution in [0.3, 0.4) is 0 Å². The van der Waals surface area contributed by atoms with Gasteiger partial charge >= 0.3 is 12.4 Å². The van der Waals surface area contributed by atoms with Gasteiger partial charge in [-0.2, -0.15) is 26.3 Å². The SMILES string of the molecule is O=C(CNC(=O)c1ccc(C2=NOC(c3cc(Cl)cc(C(F)(F)F)c3)(C(F)(F)F)C2)c2cc3cc4ccccc4cc3cc12)NC(F)C(F)F. The van der Waals surface area contributed by atoms with Crippen LogP contribution >= 0.6 is 11.6 Å². The Kier molecular flexibility index (Phi) is 8.83. The smallest absolute Gasteiger partial charge is 0.374 e. The highest BCUT2D eigenvalue weighted by molar-refractivity contribution is 6.30. The van der Waals surface area contributed by atoms with Gasteiger partial charge in [-0.3, -0.25) is 9.59 Å². The highest BCUT2D eigenvalue weighted by Crippen LogP contribution is 2.51. The van der Waals surface area contributed by atoms with Crippen molar-refractivity contribution in [3.63, 3.8) is 0 Å². The first-order valence-corrected chi connectivity index (χ1v) is 14.9. The quantitative estimate of drug-likeness (QED) is 0.100. The predicted molar refractivity (Wildman–Crippen MR) is 167 cm³/mol. The highest BCUT2D eigenvalue weighted by Gasteiger charge is 2.62. The minimum absolute atomic E-state index is 0.0470. The van der Waals surface area contributed by atoms with Crippen molar-refractivity contribution in [3.8, 4) is 0 Å². The molecule has 1 aliphatic heterocycles. The minimum atomic E-state index is -5.28. The van der Waals surface area contributed by atoms with E-state index in [1.807, 2.05) is 12.1 Å². The Hall–Kier alpha value is -5.05. The number of rotatable bonds is 7. The van der Waals surface area contributed by atoms with E-state index < -0.39 is 71.6 Å². The van der Waals surface area contributed by atoms with Crippen molar-refractivity contribution < 1.29 is 53.9 Å². The summed E-state index contributed by atoms with van der Waals surface area (Å²) in [5.74, 6) is -2.16. The van der Waals surface area contributed by atoms with Crippen LogP contribution in [0.2, 0.25) is 5.02 Å². The maximum Gasteiger partial charge on any atom is 0.435 e. The number of nitrogens with zero attached hydrogens (tertiary/aromatic N) is 1. The molecule has 5 aromatic rings. The number of halogens is 10. The lowest BCUT2D eigenvalue weighted by Crippen LogP contribution is -2.43. The van der Waals surface area contributed by atoms with Crippen molar-refractivity contribution in [1.82, 2.24) is 10.6 Å². The summed E-state index contributed by atoms with van der Waals surface area (Å²) in [6.45, 7) is -0.887. The van der Waals surface area contributed by atoms with Crippen molar-refractivity contribution in [2.75, 3.05) is 6.54 Å². The minimum Gasteiger partial charge on any atom is -0.374 e. The summed E-state index contributed by atoms with van der Waals surface area (Å²) < 4.78 is 123. The van der Waals surface area contributed by atoms with Crippen LogP contribution in [0.25, 0.3) is 32.3 Å². The van der Waals surface area contributed by atoms with Gasteiger partial charge < -0.3 is 15.5 Å². The molecule has 2 N–H and O–H groups in total. The molecule has 260 valence electrons. The summed E-state index contributed by atoms with van der Waals surface area (Å²) >= 11 is 5.83. The van der Waals surface area contributed by atoms with Crippen molar-refractivity contribution in [2.24, 2.45) is 5.16 Å². The van der Waals surface area contributed by atoms with Gasteiger partial charge in [0.15, 0.2) is 0 Å². The maximum atomic E-state index is 14.8. The van der Waals surface area contributed by atoms with Gasteiger partial charge in [0.05, 0.1) is 17.8 Å². The molecule has 0 radical (unpaired) electrons. The number of nitrogens with one attached hydrogen (secondary N) is 2. The first kappa shape index (κ1) is 34.8. The Morgan fingerprint density at radius 2 is 1.48 bits per heavy atom. The van der Waals surface area contributed by atoms with Crippen LogP contribution < -0.4 is 10.6 Å². The van der Waals surface area contributed by atoms with Crippen LogP contribution in [0, 0.1) is 0 Å². The van der Waals surface area contributed by atoms with Gasteiger partial charge in [-0.05, 0) is 80.8 Å². The van der Waals surface area contributed by atoms with Gasteiger partial charge in [0.25, 0.3) is 17.9 Å². The van der Waals surface area contributed by atoms with E-state index in [0.717, 1.165) is 16.8 Å². The zero-order valence-electron chi connectivity index (χ0n) is 25.0. The fraction of sp³-hybridized carbons (Fsp3) is 0.206. The Morgan fingerprint density at radius 3 is 2.08 bits per heavy atom. The van der Waals surface area contributed by atoms with E-state index in [0.29, 0.717) is 22.9 Å². The molecule has 2 amide bonds. The Labute approximate surface area is 280 Å². The Balaban J connectivity index is 1.45. The summed E-state index contributed by atoms with van der Waals surface area (Å²) in [5.41, 5.74) is -6.07. The first-order chi connectivity index (χ1) is 23.5. The molecule has 0 spiro atoms. The van der Waals surface area contributed by atoms with Crippen LogP contribution in [-0.2, 0) is 21.4 Å². The molecule has 2 atom stereocenters. The van der Waals surface area contributed by atoms with Crippen molar-refractivity contribution >= 4 is 61.4 Å². The lowest BCUT2D eigenvalue weighted by Gasteiger charge is -2.30. The van der Waals surface area contributed by atoms with Gasteiger partial charge in [-0.15, -0.1) is 0 Å². The zero-order chi connectivity index (χ0) is 36.2. The lowest BCUT2D eigenvalue weighted by atomic mass is 9.84. The number of carbonyl (C=O) groups is 2. The summed E-state index contributed by atoms with van der Waals surface area (Å²) in [5, 5.41) is 9.88. The highest BCUT2D eigenvalue weighted by atomic mass is 35.5. The number of alkyl halides is 9. The number of oxime groups is 1. The molecule has 0 aromatic heterocycles. The summed E-state index contributed by atoms with van der Waals surface area (Å²) in [6, 6.07) is 18.0. The van der Waals surface area contributed by atoms with Crippen LogP contribution in [0.4, 0.5) is 39.5 Å². The van der Waals surface area contributed by atoms with E-state index >= 15 is 0 Å². The monoisotopic (exact) mass is 725 g/mol. The summed E-state index contributed by atoms with van der Waals surface area (Å²) in [7, 11) is 0. The van der Waals surface area contributed by atoms with Crippen molar-refractivity contribution in [1.29, 1.82) is 0 Å². The molecular formula is C34H21ClF9N3O3. The number of hydrogen-bond donors (Lipinski definition) is 2. The van der Waals surface area contributed by atoms with Crippen LogP contribution in [0.5, 0.6) is 0 Å². The molecule has 1 aliphatic rings. The summed E-state index contributed by atoms with van der Waals surface area (Å²) in [6.07, 6.45) is -17.8. The molecule has 0 saturated carbocycles. The van der Waals surface area contributed by atoms with Crippen LogP contribution in [0.15, 0.2) is 84.0 Å². The molecule has 0 aliphatic carbocycles. The molecule has 1 heterocycles. The van der Waals surface area contributed by atoms with E-state index in [4.69, 9.17) is 16.4 Å². The van der Waals surface area contributed by atoms with Crippen LogP contribution in [0.1, 0.15) is 33.5 Å². The summed E-state index contributed by atoms with van der Waals surface area (Å²) in [4.78, 5) is 30.2. The van der Waals surface area contributed by atoms with Gasteiger partial charge in [-0.1, -0.05) is 47.1 Å². The molecule has 16 heteroatoms. The van der Waals surface area contributed by atoms with Crippen LogP contribution in [-0.4, -0.2) is 43.0 Å².